The van der Waals surface area contributed by atoms with Crippen LogP contribution in [-0.4, -0.2) is 0 Å². The third-order valence-electron chi connectivity index (χ3n) is 2.47. The first-order valence-electron chi connectivity index (χ1n) is 5.77. The van der Waals surface area contributed by atoms with Crippen molar-refractivity contribution in [2.75, 3.05) is 0 Å². The molecule has 0 aliphatic heterocycles. The summed E-state index contributed by atoms with van der Waals surface area (Å²) in [4.78, 5) is 0. The molecule has 2 rings (SSSR count). The lowest BCUT2D eigenvalue weighted by Gasteiger charge is -2.12. The van der Waals surface area contributed by atoms with Gasteiger partial charge in [0, 0.05) is 0 Å². The molecule has 0 bridgehead atoms. The van der Waals surface area contributed by atoms with E-state index in [1.165, 1.54) is 0 Å². The fourth-order valence-corrected chi connectivity index (χ4v) is 2.25. The highest BCUT2D eigenvalue weighted by Gasteiger charge is 2.28. The molecule has 0 aromatic heterocycles. The molecule has 0 saturated heterocycles. The molecule has 0 atom stereocenters. The molecule has 0 amide bonds. The van der Waals surface area contributed by atoms with Crippen molar-refractivity contribution in [1.82, 2.24) is 0 Å². The Morgan fingerprint density at radius 2 is 1.11 bits per heavy atom. The maximum atomic E-state index is 13.8. The molecular weight excluding hydrogens is 266 g/mol. The Labute approximate surface area is 111 Å². The summed E-state index contributed by atoms with van der Waals surface area (Å²) in [7, 11) is -4.67. The van der Waals surface area contributed by atoms with Crippen LogP contribution in [-0.2, 0) is 4.57 Å². The Hall–Kier alpha value is -1.80. The first-order valence-corrected chi connectivity index (χ1v) is 7.20. The third kappa shape index (κ3) is 4.11. The van der Waals surface area contributed by atoms with Gasteiger partial charge in [-0.25, -0.2) is 4.57 Å². The lowest BCUT2D eigenvalue weighted by atomic mass is 10.2. The average Bonchev–Trinajstić information content (AvgIpc) is 2.34. The minimum atomic E-state index is -4.67. The maximum absolute atomic E-state index is 13.8. The summed E-state index contributed by atoms with van der Waals surface area (Å²) in [5, 5.41) is 0. The highest BCUT2D eigenvalue weighted by Crippen LogP contribution is 2.49. The van der Waals surface area contributed by atoms with E-state index in [1.807, 2.05) is 13.8 Å². The van der Waals surface area contributed by atoms with Crippen molar-refractivity contribution in [2.24, 2.45) is 0 Å². The Morgan fingerprint density at radius 3 is 1.42 bits per heavy atom. The summed E-state index contributed by atoms with van der Waals surface area (Å²) < 4.78 is 34.9. The van der Waals surface area contributed by atoms with Crippen LogP contribution >= 0.6 is 7.91 Å². The molecule has 3 nitrogen and oxygen atoms in total. The molecule has 0 aliphatic carbocycles. The minimum absolute atomic E-state index is 0.170. The average molecular weight is 280 g/mol. The van der Waals surface area contributed by atoms with Crippen LogP contribution in [0, 0.1) is 13.8 Å². The van der Waals surface area contributed by atoms with Gasteiger partial charge in [0.2, 0.25) is 0 Å². The van der Waals surface area contributed by atoms with Gasteiger partial charge in [0.1, 0.15) is 11.5 Å². The van der Waals surface area contributed by atoms with Crippen LogP contribution in [0.5, 0.6) is 11.5 Å². The SMILES string of the molecule is Cc1ccc(OP(=O)(F)Oc2ccc(C)cc2)cc1. The minimum Gasteiger partial charge on any atom is -0.392 e. The largest absolute Gasteiger partial charge is 0.628 e. The van der Waals surface area contributed by atoms with E-state index in [-0.39, 0.29) is 11.5 Å². The number of aryl methyl sites for hydroxylation is 2. The van der Waals surface area contributed by atoms with Crippen LogP contribution in [0.3, 0.4) is 0 Å². The zero-order chi connectivity index (χ0) is 13.9. The summed E-state index contributed by atoms with van der Waals surface area (Å²) in [5.41, 5.74) is 2.00. The van der Waals surface area contributed by atoms with Crippen molar-refractivity contribution < 1.29 is 17.8 Å². The van der Waals surface area contributed by atoms with Crippen LogP contribution < -0.4 is 9.05 Å². The molecule has 2 aromatic carbocycles. The van der Waals surface area contributed by atoms with E-state index in [1.54, 1.807) is 48.5 Å². The lowest BCUT2D eigenvalue weighted by Crippen LogP contribution is -1.96. The first kappa shape index (κ1) is 13.6. The van der Waals surface area contributed by atoms with Crippen LogP contribution in [0.4, 0.5) is 4.20 Å². The molecule has 0 saturated carbocycles. The second-order valence-electron chi connectivity index (χ2n) is 4.24. The van der Waals surface area contributed by atoms with Gasteiger partial charge in [-0.3, -0.25) is 0 Å². The molecule has 0 fully saturated rings. The van der Waals surface area contributed by atoms with Crippen LogP contribution in [0.15, 0.2) is 48.5 Å². The Kier molecular flexibility index (Phi) is 3.91. The van der Waals surface area contributed by atoms with Crippen molar-refractivity contribution in [2.45, 2.75) is 13.8 Å². The topological polar surface area (TPSA) is 35.5 Å². The summed E-state index contributed by atoms with van der Waals surface area (Å²) in [6.45, 7) is 3.78. The van der Waals surface area contributed by atoms with Crippen molar-refractivity contribution in [3.8, 4) is 11.5 Å². The van der Waals surface area contributed by atoms with Gasteiger partial charge in [-0.05, 0) is 38.1 Å². The highest BCUT2D eigenvalue weighted by molar-refractivity contribution is 7.48. The number of hydrogen-bond acceptors (Lipinski definition) is 3. The Balaban J connectivity index is 2.08. The summed E-state index contributed by atoms with van der Waals surface area (Å²) in [6, 6.07) is 13.1. The first-order chi connectivity index (χ1) is 8.94. The van der Waals surface area contributed by atoms with Gasteiger partial charge < -0.3 is 9.05 Å². The summed E-state index contributed by atoms with van der Waals surface area (Å²) in [6.07, 6.45) is 0. The number of benzene rings is 2. The molecule has 0 aliphatic rings. The highest BCUT2D eigenvalue weighted by atomic mass is 31.2. The predicted molar refractivity (Wildman–Crippen MR) is 72.3 cm³/mol. The van der Waals surface area contributed by atoms with E-state index < -0.39 is 7.91 Å². The summed E-state index contributed by atoms with van der Waals surface area (Å²) in [5.74, 6) is 0.340. The lowest BCUT2D eigenvalue weighted by molar-refractivity contribution is 0.337. The van der Waals surface area contributed by atoms with Gasteiger partial charge in [-0.15, -0.1) is 4.20 Å². The van der Waals surface area contributed by atoms with Crippen LogP contribution in [0.1, 0.15) is 11.1 Å². The summed E-state index contributed by atoms with van der Waals surface area (Å²) >= 11 is 0. The van der Waals surface area contributed by atoms with E-state index in [4.69, 9.17) is 9.05 Å². The molecule has 19 heavy (non-hydrogen) atoms. The molecule has 0 heterocycles. The number of rotatable bonds is 4. The second-order valence-corrected chi connectivity index (χ2v) is 5.47. The molecule has 0 unspecified atom stereocenters. The molecule has 100 valence electrons. The van der Waals surface area contributed by atoms with Gasteiger partial charge in [0.25, 0.3) is 0 Å². The quantitative estimate of drug-likeness (QED) is 0.752. The Bertz CT molecular complexity index is 542. The zero-order valence-electron chi connectivity index (χ0n) is 10.7. The fourth-order valence-electron chi connectivity index (χ4n) is 1.47. The normalized spacial score (nSPS) is 11.1. The van der Waals surface area contributed by atoms with Gasteiger partial charge in [-0.1, -0.05) is 35.4 Å². The second kappa shape index (κ2) is 5.45. The monoisotopic (exact) mass is 280 g/mol. The van der Waals surface area contributed by atoms with E-state index in [0.29, 0.717) is 0 Å². The maximum Gasteiger partial charge on any atom is 0.628 e. The van der Waals surface area contributed by atoms with E-state index in [9.17, 15) is 8.76 Å². The van der Waals surface area contributed by atoms with Gasteiger partial charge in [0.15, 0.2) is 0 Å². The predicted octanol–water partition coefficient (Wildman–Crippen LogP) is 4.84. The van der Waals surface area contributed by atoms with Gasteiger partial charge in [-0.2, -0.15) is 0 Å². The van der Waals surface area contributed by atoms with Crippen LogP contribution in [0.2, 0.25) is 0 Å². The van der Waals surface area contributed by atoms with Crippen molar-refractivity contribution >= 4 is 7.91 Å². The fraction of sp³-hybridized carbons (Fsp3) is 0.143. The van der Waals surface area contributed by atoms with E-state index in [2.05, 4.69) is 0 Å². The molecule has 2 aromatic rings. The standard InChI is InChI=1S/C14H14FO3P/c1-11-3-7-13(8-4-11)17-19(15,16)18-14-9-5-12(2)6-10-14/h3-10H,1-2H3. The molecule has 0 N–H and O–H groups in total. The van der Waals surface area contributed by atoms with Gasteiger partial charge in [0.05, 0.1) is 0 Å². The number of hydrogen-bond donors (Lipinski definition) is 0. The van der Waals surface area contributed by atoms with E-state index >= 15 is 0 Å². The van der Waals surface area contributed by atoms with Crippen molar-refractivity contribution in [3.63, 3.8) is 0 Å². The molecule has 0 spiro atoms. The smallest absolute Gasteiger partial charge is 0.392 e. The molecular formula is C14H14FO3P. The molecule has 5 heteroatoms. The number of halogens is 1. The van der Waals surface area contributed by atoms with Crippen LogP contribution in [0.25, 0.3) is 0 Å². The van der Waals surface area contributed by atoms with Crippen molar-refractivity contribution in [1.29, 1.82) is 0 Å². The Morgan fingerprint density at radius 1 is 0.789 bits per heavy atom. The van der Waals surface area contributed by atoms with Gasteiger partial charge >= 0.3 is 7.91 Å². The van der Waals surface area contributed by atoms with Crippen molar-refractivity contribution in [3.05, 3.63) is 59.7 Å². The third-order valence-corrected chi connectivity index (χ3v) is 3.33. The molecule has 0 radical (unpaired) electrons. The van der Waals surface area contributed by atoms with E-state index in [0.717, 1.165) is 11.1 Å². The zero-order valence-corrected chi connectivity index (χ0v) is 11.6.